The van der Waals surface area contributed by atoms with Crippen molar-refractivity contribution in [1.82, 2.24) is 0 Å². The Hall–Kier alpha value is -1.96. The van der Waals surface area contributed by atoms with E-state index in [-0.39, 0.29) is 11.3 Å². The van der Waals surface area contributed by atoms with Crippen molar-refractivity contribution in [2.75, 3.05) is 0 Å². The third kappa shape index (κ3) is 2.90. The van der Waals surface area contributed by atoms with Crippen LogP contribution in [0.2, 0.25) is 0 Å². The first-order valence-electron chi connectivity index (χ1n) is 5.89. The predicted molar refractivity (Wildman–Crippen MR) is 81.6 cm³/mol. The van der Waals surface area contributed by atoms with E-state index >= 15 is 0 Å². The molecule has 3 aromatic rings. The van der Waals surface area contributed by atoms with E-state index in [2.05, 4.69) is 0 Å². The van der Waals surface area contributed by atoms with Gasteiger partial charge in [-0.2, -0.15) is 0 Å². The highest BCUT2D eigenvalue weighted by Gasteiger charge is 2.13. The van der Waals surface area contributed by atoms with E-state index in [1.807, 2.05) is 22.6 Å². The maximum Gasteiger partial charge on any atom is 0.336 e. The molecule has 0 spiro atoms. The highest BCUT2D eigenvalue weighted by molar-refractivity contribution is 14.1. The van der Waals surface area contributed by atoms with Gasteiger partial charge in [-0.05, 0) is 52.9 Å². The Kier molecular flexibility index (Phi) is 3.62. The van der Waals surface area contributed by atoms with Crippen LogP contribution in [0.25, 0.3) is 11.0 Å². The van der Waals surface area contributed by atoms with Gasteiger partial charge in [-0.3, -0.25) is 0 Å². The zero-order chi connectivity index (χ0) is 15.0. The van der Waals surface area contributed by atoms with Gasteiger partial charge >= 0.3 is 5.63 Å². The lowest BCUT2D eigenvalue weighted by Gasteiger charge is -2.08. The van der Waals surface area contributed by atoms with Gasteiger partial charge in [-0.25, -0.2) is 13.6 Å². The van der Waals surface area contributed by atoms with Crippen molar-refractivity contribution in [3.63, 3.8) is 0 Å². The number of hydrogen-bond acceptors (Lipinski definition) is 3. The molecule has 0 saturated carbocycles. The van der Waals surface area contributed by atoms with Crippen LogP contribution in [0.5, 0.6) is 11.5 Å². The maximum absolute atomic E-state index is 13.7. The van der Waals surface area contributed by atoms with Crippen molar-refractivity contribution >= 4 is 33.6 Å². The maximum atomic E-state index is 13.7. The molecule has 2 aromatic carbocycles. The van der Waals surface area contributed by atoms with Crippen LogP contribution in [0.4, 0.5) is 8.78 Å². The summed E-state index contributed by atoms with van der Waals surface area (Å²) in [6, 6.07) is 9.81. The van der Waals surface area contributed by atoms with Gasteiger partial charge in [-0.1, -0.05) is 0 Å². The van der Waals surface area contributed by atoms with Gasteiger partial charge in [0.25, 0.3) is 0 Å². The fourth-order valence-corrected chi connectivity index (χ4v) is 2.40. The van der Waals surface area contributed by atoms with Crippen molar-refractivity contribution in [3.05, 3.63) is 68.1 Å². The summed E-state index contributed by atoms with van der Waals surface area (Å²) < 4.78 is 38.1. The van der Waals surface area contributed by atoms with Gasteiger partial charge in [0.1, 0.15) is 11.3 Å². The Balaban J connectivity index is 2.04. The normalized spacial score (nSPS) is 10.8. The first-order chi connectivity index (χ1) is 10.0. The van der Waals surface area contributed by atoms with E-state index in [9.17, 15) is 13.6 Å². The third-order valence-corrected chi connectivity index (χ3v) is 3.40. The number of hydrogen-bond donors (Lipinski definition) is 0. The highest BCUT2D eigenvalue weighted by Crippen LogP contribution is 2.30. The minimum absolute atomic E-state index is 0.177. The minimum Gasteiger partial charge on any atom is -0.451 e. The van der Waals surface area contributed by atoms with E-state index in [4.69, 9.17) is 9.15 Å². The quantitative estimate of drug-likeness (QED) is 0.471. The fraction of sp³-hybridized carbons (Fsp3) is 0. The molecule has 0 aliphatic heterocycles. The largest absolute Gasteiger partial charge is 0.451 e. The molecule has 106 valence electrons. The minimum atomic E-state index is -0.797. The second-order valence-corrected chi connectivity index (χ2v) is 5.50. The summed E-state index contributed by atoms with van der Waals surface area (Å²) in [6.45, 7) is 0. The van der Waals surface area contributed by atoms with E-state index in [1.54, 1.807) is 18.2 Å². The summed E-state index contributed by atoms with van der Waals surface area (Å²) >= 11 is 1.81. The second-order valence-electron chi connectivity index (χ2n) is 4.25. The van der Waals surface area contributed by atoms with Crippen molar-refractivity contribution < 1.29 is 17.9 Å². The fourth-order valence-electron chi connectivity index (χ4n) is 1.85. The molecule has 0 unspecified atom stereocenters. The van der Waals surface area contributed by atoms with Gasteiger partial charge in [-0.15, -0.1) is 0 Å². The Morgan fingerprint density at radius 1 is 1.00 bits per heavy atom. The molecule has 3 nitrogen and oxygen atoms in total. The Morgan fingerprint density at radius 3 is 2.38 bits per heavy atom. The monoisotopic (exact) mass is 400 g/mol. The first kappa shape index (κ1) is 14.0. The molecule has 0 fully saturated rings. The van der Waals surface area contributed by atoms with Crippen LogP contribution >= 0.6 is 22.6 Å². The van der Waals surface area contributed by atoms with Gasteiger partial charge in [0.15, 0.2) is 17.4 Å². The van der Waals surface area contributed by atoms with E-state index < -0.39 is 23.0 Å². The van der Waals surface area contributed by atoms with Gasteiger partial charge in [0.2, 0.25) is 0 Å². The summed E-state index contributed by atoms with van der Waals surface area (Å²) in [5.74, 6) is -1.91. The predicted octanol–water partition coefficient (Wildman–Crippen LogP) is 4.47. The highest BCUT2D eigenvalue weighted by atomic mass is 127. The lowest BCUT2D eigenvalue weighted by atomic mass is 10.2. The molecule has 1 aromatic heterocycles. The van der Waals surface area contributed by atoms with Gasteiger partial charge < -0.3 is 9.15 Å². The van der Waals surface area contributed by atoms with E-state index in [1.165, 1.54) is 24.3 Å². The van der Waals surface area contributed by atoms with Crippen LogP contribution in [-0.4, -0.2) is 0 Å². The van der Waals surface area contributed by atoms with Gasteiger partial charge in [0.05, 0.1) is 0 Å². The van der Waals surface area contributed by atoms with Crippen LogP contribution in [0.3, 0.4) is 0 Å². The number of rotatable bonds is 2. The third-order valence-electron chi connectivity index (χ3n) is 2.78. The molecular formula is C15H7F2IO3. The van der Waals surface area contributed by atoms with Gasteiger partial charge in [0, 0.05) is 21.1 Å². The standard InChI is InChI=1S/C15H7F2IO3/c16-11-5-9(18)6-12(17)15(11)20-10-3-1-8-2-4-14(19)21-13(8)7-10/h1-7H. The molecule has 0 N–H and O–H groups in total. The molecule has 1 heterocycles. The molecule has 0 saturated heterocycles. The number of ether oxygens (including phenoxy) is 1. The Morgan fingerprint density at radius 2 is 1.67 bits per heavy atom. The van der Waals surface area contributed by atoms with Crippen LogP contribution in [0.15, 0.2) is 51.7 Å². The van der Waals surface area contributed by atoms with E-state index in [0.29, 0.717) is 8.96 Å². The second kappa shape index (κ2) is 5.44. The lowest BCUT2D eigenvalue weighted by Crippen LogP contribution is -1.96. The number of benzene rings is 2. The first-order valence-corrected chi connectivity index (χ1v) is 6.97. The summed E-state index contributed by atoms with van der Waals surface area (Å²) in [5, 5.41) is 0.686. The summed E-state index contributed by atoms with van der Waals surface area (Å²) in [5.41, 5.74) is -0.224. The molecule has 0 aliphatic carbocycles. The molecule has 0 atom stereocenters. The topological polar surface area (TPSA) is 39.4 Å². The number of fused-ring (bicyclic) bond motifs is 1. The summed E-state index contributed by atoms with van der Waals surface area (Å²) in [7, 11) is 0. The van der Waals surface area contributed by atoms with Crippen molar-refractivity contribution in [2.45, 2.75) is 0 Å². The van der Waals surface area contributed by atoms with Crippen molar-refractivity contribution in [1.29, 1.82) is 0 Å². The van der Waals surface area contributed by atoms with Crippen molar-refractivity contribution in [2.24, 2.45) is 0 Å². The molecule has 21 heavy (non-hydrogen) atoms. The molecule has 0 radical (unpaired) electrons. The Labute approximate surface area is 131 Å². The molecule has 0 bridgehead atoms. The van der Waals surface area contributed by atoms with Crippen LogP contribution in [0.1, 0.15) is 0 Å². The molecule has 3 rings (SSSR count). The zero-order valence-corrected chi connectivity index (χ0v) is 12.6. The van der Waals surface area contributed by atoms with Crippen LogP contribution < -0.4 is 10.4 Å². The average Bonchev–Trinajstić information content (AvgIpc) is 2.42. The molecule has 0 amide bonds. The van der Waals surface area contributed by atoms with Crippen LogP contribution in [-0.2, 0) is 0 Å². The smallest absolute Gasteiger partial charge is 0.336 e. The van der Waals surface area contributed by atoms with Crippen LogP contribution in [0, 0.1) is 15.2 Å². The summed E-state index contributed by atoms with van der Waals surface area (Å²) in [4.78, 5) is 11.2. The Bertz CT molecular complexity index is 866. The lowest BCUT2D eigenvalue weighted by molar-refractivity contribution is 0.406. The molecule has 6 heteroatoms. The average molecular weight is 400 g/mol. The summed E-state index contributed by atoms with van der Waals surface area (Å²) in [6.07, 6.45) is 0. The van der Waals surface area contributed by atoms with E-state index in [0.717, 1.165) is 0 Å². The van der Waals surface area contributed by atoms with Crippen molar-refractivity contribution in [3.8, 4) is 11.5 Å². The molecular weight excluding hydrogens is 393 g/mol. The molecule has 0 aliphatic rings. The zero-order valence-electron chi connectivity index (χ0n) is 10.4. The number of halogens is 3. The SMILES string of the molecule is O=c1ccc2ccc(Oc3c(F)cc(I)cc3F)cc2o1.